The molecule has 2 rings (SSSR count). The van der Waals surface area contributed by atoms with E-state index in [0.29, 0.717) is 23.4 Å². The molecule has 2 fully saturated rings. The van der Waals surface area contributed by atoms with E-state index in [1.54, 1.807) is 0 Å². The summed E-state index contributed by atoms with van der Waals surface area (Å²) in [4.78, 5) is 0. The first kappa shape index (κ1) is 8.55. The van der Waals surface area contributed by atoms with Crippen molar-refractivity contribution >= 4 is 0 Å². The molecule has 0 spiro atoms. The second-order valence-electron chi connectivity index (χ2n) is 5.57. The molecule has 1 nitrogen and oxygen atoms in total. The lowest BCUT2D eigenvalue weighted by atomic mass is 9.71. The Balaban J connectivity index is 2.30. The number of aliphatic hydroxyl groups excluding tert-OH is 1. The molecule has 2 aliphatic rings. The number of rotatable bonds is 1. The predicted octanol–water partition coefficient (Wildman–Crippen LogP) is 2.44. The Bertz CT molecular complexity index is 194. The molecule has 0 radical (unpaired) electrons. The third-order valence-corrected chi connectivity index (χ3v) is 5.01. The maximum atomic E-state index is 9.23. The van der Waals surface area contributed by atoms with Crippen LogP contribution in [-0.4, -0.2) is 11.7 Å². The van der Waals surface area contributed by atoms with Crippen molar-refractivity contribution < 1.29 is 5.11 Å². The molecule has 70 valence electrons. The van der Waals surface area contributed by atoms with E-state index in [1.165, 1.54) is 19.3 Å². The van der Waals surface area contributed by atoms with E-state index in [1.807, 2.05) is 0 Å². The van der Waals surface area contributed by atoms with Crippen molar-refractivity contribution in [2.75, 3.05) is 6.61 Å². The molecule has 0 heterocycles. The van der Waals surface area contributed by atoms with Gasteiger partial charge < -0.3 is 5.11 Å². The summed E-state index contributed by atoms with van der Waals surface area (Å²) in [7, 11) is 0. The first-order valence-electron chi connectivity index (χ1n) is 5.12. The highest BCUT2D eigenvalue weighted by Crippen LogP contribution is 2.67. The second-order valence-corrected chi connectivity index (χ2v) is 5.57. The van der Waals surface area contributed by atoms with Gasteiger partial charge in [-0.05, 0) is 41.9 Å². The molecule has 2 aliphatic carbocycles. The van der Waals surface area contributed by atoms with Gasteiger partial charge in [0.15, 0.2) is 0 Å². The molecule has 12 heavy (non-hydrogen) atoms. The van der Waals surface area contributed by atoms with Gasteiger partial charge >= 0.3 is 0 Å². The Hall–Kier alpha value is -0.0400. The van der Waals surface area contributed by atoms with Crippen molar-refractivity contribution in [2.24, 2.45) is 22.7 Å². The van der Waals surface area contributed by atoms with E-state index in [4.69, 9.17) is 0 Å². The topological polar surface area (TPSA) is 20.2 Å². The average Bonchev–Trinajstić information content (AvgIpc) is 2.33. The van der Waals surface area contributed by atoms with Gasteiger partial charge in [0.1, 0.15) is 0 Å². The van der Waals surface area contributed by atoms with Crippen LogP contribution in [0.4, 0.5) is 0 Å². The van der Waals surface area contributed by atoms with Crippen LogP contribution in [0.1, 0.15) is 40.0 Å². The van der Waals surface area contributed by atoms with Crippen molar-refractivity contribution in [1.29, 1.82) is 0 Å². The first-order valence-corrected chi connectivity index (χ1v) is 5.12. The lowest BCUT2D eigenvalue weighted by Gasteiger charge is -2.34. The Labute approximate surface area is 75.2 Å². The predicted molar refractivity (Wildman–Crippen MR) is 49.8 cm³/mol. The molecule has 0 aromatic rings. The fourth-order valence-electron chi connectivity index (χ4n) is 3.71. The molecule has 0 aliphatic heterocycles. The van der Waals surface area contributed by atoms with Gasteiger partial charge in [-0.3, -0.25) is 0 Å². The molecule has 3 atom stereocenters. The minimum absolute atomic E-state index is 0.406. The highest BCUT2D eigenvalue weighted by molar-refractivity contribution is 5.09. The number of aliphatic hydroxyl groups is 1. The van der Waals surface area contributed by atoms with Crippen molar-refractivity contribution in [1.82, 2.24) is 0 Å². The summed E-state index contributed by atoms with van der Waals surface area (Å²) < 4.78 is 0. The summed E-state index contributed by atoms with van der Waals surface area (Å²) in [6, 6.07) is 0. The van der Waals surface area contributed by atoms with Crippen LogP contribution < -0.4 is 0 Å². The highest BCUT2D eigenvalue weighted by atomic mass is 16.3. The number of hydrogen-bond acceptors (Lipinski definition) is 1. The lowest BCUT2D eigenvalue weighted by molar-refractivity contribution is 0.149. The van der Waals surface area contributed by atoms with Crippen LogP contribution in [0.3, 0.4) is 0 Å². The summed E-state index contributed by atoms with van der Waals surface area (Å²) >= 11 is 0. The molecule has 0 aromatic carbocycles. The van der Waals surface area contributed by atoms with E-state index in [9.17, 15) is 5.11 Å². The van der Waals surface area contributed by atoms with E-state index in [0.717, 1.165) is 5.92 Å². The summed E-state index contributed by atoms with van der Waals surface area (Å²) in [5.74, 6) is 1.38. The number of fused-ring (bicyclic) bond motifs is 2. The normalized spacial score (nSPS) is 50.0. The Morgan fingerprint density at radius 1 is 1.33 bits per heavy atom. The first-order chi connectivity index (χ1) is 5.51. The van der Waals surface area contributed by atoms with Crippen LogP contribution in [0, 0.1) is 22.7 Å². The minimum atomic E-state index is 0.406. The van der Waals surface area contributed by atoms with Crippen molar-refractivity contribution in [3.8, 4) is 0 Å². The van der Waals surface area contributed by atoms with Crippen molar-refractivity contribution in [3.63, 3.8) is 0 Å². The van der Waals surface area contributed by atoms with E-state index in [2.05, 4.69) is 20.8 Å². The van der Waals surface area contributed by atoms with Crippen LogP contribution in [0.15, 0.2) is 0 Å². The van der Waals surface area contributed by atoms with Gasteiger partial charge in [-0.1, -0.05) is 20.8 Å². The zero-order chi connectivity index (χ0) is 8.98. The van der Waals surface area contributed by atoms with Crippen LogP contribution in [0.5, 0.6) is 0 Å². The van der Waals surface area contributed by atoms with Crippen LogP contribution in [0.2, 0.25) is 0 Å². The molecule has 0 unspecified atom stereocenters. The molecule has 0 aromatic heterocycles. The van der Waals surface area contributed by atoms with Gasteiger partial charge in [-0.25, -0.2) is 0 Å². The van der Waals surface area contributed by atoms with E-state index < -0.39 is 0 Å². The quantitative estimate of drug-likeness (QED) is 0.637. The molecule has 2 bridgehead atoms. The summed E-state index contributed by atoms with van der Waals surface area (Å²) in [6.45, 7) is 7.59. The highest BCUT2D eigenvalue weighted by Gasteiger charge is 2.59. The third-order valence-electron chi connectivity index (χ3n) is 5.01. The Morgan fingerprint density at radius 2 is 2.00 bits per heavy atom. The van der Waals surface area contributed by atoms with Gasteiger partial charge in [0.2, 0.25) is 0 Å². The van der Waals surface area contributed by atoms with Crippen LogP contribution in [0.25, 0.3) is 0 Å². The zero-order valence-corrected chi connectivity index (χ0v) is 8.43. The largest absolute Gasteiger partial charge is 0.396 e. The van der Waals surface area contributed by atoms with Gasteiger partial charge in [0.25, 0.3) is 0 Å². The van der Waals surface area contributed by atoms with Gasteiger partial charge in [-0.15, -0.1) is 0 Å². The fourth-order valence-corrected chi connectivity index (χ4v) is 3.71. The molecule has 0 amide bonds. The molecular weight excluding hydrogens is 148 g/mol. The van der Waals surface area contributed by atoms with Gasteiger partial charge in [0.05, 0.1) is 0 Å². The molecule has 0 saturated heterocycles. The minimum Gasteiger partial charge on any atom is -0.396 e. The Morgan fingerprint density at radius 3 is 2.25 bits per heavy atom. The van der Waals surface area contributed by atoms with E-state index >= 15 is 0 Å². The van der Waals surface area contributed by atoms with Crippen molar-refractivity contribution in [2.45, 2.75) is 40.0 Å². The molecule has 1 heteroatoms. The molecular formula is C11H20O. The number of hydrogen-bond donors (Lipinski definition) is 1. The summed E-state index contributed by atoms with van der Waals surface area (Å²) in [5.41, 5.74) is 0.992. The zero-order valence-electron chi connectivity index (χ0n) is 8.43. The molecule has 2 saturated carbocycles. The van der Waals surface area contributed by atoms with Crippen LogP contribution >= 0.6 is 0 Å². The maximum absolute atomic E-state index is 9.23. The third kappa shape index (κ3) is 0.783. The monoisotopic (exact) mass is 168 g/mol. The standard InChI is InChI=1S/C11H20O/c1-10(2)9-4-5-11(10,3)6-8(9)7-12/h8-9,12H,4-7H2,1-3H3/t8-,9+,11+/m1/s1. The second kappa shape index (κ2) is 2.25. The average molecular weight is 168 g/mol. The lowest BCUT2D eigenvalue weighted by Crippen LogP contribution is -2.26. The van der Waals surface area contributed by atoms with Crippen LogP contribution in [-0.2, 0) is 0 Å². The molecule has 1 N–H and O–H groups in total. The fraction of sp³-hybridized carbons (Fsp3) is 1.00. The van der Waals surface area contributed by atoms with Crippen molar-refractivity contribution in [3.05, 3.63) is 0 Å². The van der Waals surface area contributed by atoms with Gasteiger partial charge in [0, 0.05) is 6.61 Å². The van der Waals surface area contributed by atoms with Gasteiger partial charge in [-0.2, -0.15) is 0 Å². The summed E-state index contributed by atoms with van der Waals surface area (Å²) in [5, 5.41) is 9.23. The van der Waals surface area contributed by atoms with E-state index in [-0.39, 0.29) is 0 Å². The SMILES string of the molecule is CC1(C)[C@H]2CC[C@@]1(C)C[C@@H]2CO. The summed E-state index contributed by atoms with van der Waals surface area (Å²) in [6.07, 6.45) is 3.97. The smallest absolute Gasteiger partial charge is 0.0462 e. The Kier molecular flexibility index (Phi) is 1.61. The maximum Gasteiger partial charge on any atom is 0.0462 e.